The summed E-state index contributed by atoms with van der Waals surface area (Å²) in [5, 5.41) is 21.9. The van der Waals surface area contributed by atoms with Crippen LogP contribution in [0.25, 0.3) is 10.9 Å². The summed E-state index contributed by atoms with van der Waals surface area (Å²) in [6.45, 7) is 3.98. The fourth-order valence-electron chi connectivity index (χ4n) is 3.07. The van der Waals surface area contributed by atoms with E-state index in [-0.39, 0.29) is 11.7 Å². The van der Waals surface area contributed by atoms with Crippen molar-refractivity contribution in [2.75, 3.05) is 0 Å². The highest BCUT2D eigenvalue weighted by atomic mass is 19.4. The number of carbonyl (C=O) groups excluding carboxylic acids is 1. The Kier molecular flexibility index (Phi) is 8.17. The third-order valence-corrected chi connectivity index (χ3v) is 4.61. The molecule has 0 spiro atoms. The summed E-state index contributed by atoms with van der Waals surface area (Å²) in [6, 6.07) is 15.0. The van der Waals surface area contributed by atoms with Gasteiger partial charge in [-0.2, -0.15) is 13.2 Å². The lowest BCUT2D eigenvalue weighted by Gasteiger charge is -2.23. The predicted octanol–water partition coefficient (Wildman–Crippen LogP) is 4.89. The van der Waals surface area contributed by atoms with Gasteiger partial charge in [0.25, 0.3) is 0 Å². The van der Waals surface area contributed by atoms with Gasteiger partial charge in [0.05, 0.1) is 6.04 Å². The van der Waals surface area contributed by atoms with E-state index in [4.69, 9.17) is 9.90 Å². The molecular weight excluding hydrogens is 425 g/mol. The lowest BCUT2D eigenvalue weighted by atomic mass is 9.93. The molecule has 1 aromatic heterocycles. The summed E-state index contributed by atoms with van der Waals surface area (Å²) in [5.41, 5.74) is 3.23. The van der Waals surface area contributed by atoms with Gasteiger partial charge in [-0.25, -0.2) is 4.79 Å². The molecule has 2 aromatic carbocycles. The van der Waals surface area contributed by atoms with Crippen molar-refractivity contribution in [3.63, 3.8) is 0 Å². The van der Waals surface area contributed by atoms with E-state index >= 15 is 0 Å². The van der Waals surface area contributed by atoms with E-state index in [1.54, 1.807) is 6.20 Å². The van der Waals surface area contributed by atoms with Crippen LogP contribution in [0.1, 0.15) is 42.5 Å². The van der Waals surface area contributed by atoms with Crippen LogP contribution in [0.2, 0.25) is 0 Å². The molecule has 1 heterocycles. The number of aryl methyl sites for hydroxylation is 1. The molecule has 1 atom stereocenters. The third-order valence-electron chi connectivity index (χ3n) is 4.61. The molecule has 6 nitrogen and oxygen atoms in total. The first-order chi connectivity index (χ1) is 15.1. The molecule has 0 bridgehead atoms. The Morgan fingerprint density at radius 3 is 2.31 bits per heavy atom. The number of carbonyl (C=O) groups is 2. The van der Waals surface area contributed by atoms with Gasteiger partial charge in [-0.1, -0.05) is 49.4 Å². The third kappa shape index (κ3) is 6.19. The van der Waals surface area contributed by atoms with E-state index in [2.05, 4.69) is 10.3 Å². The molecule has 3 rings (SSSR count). The van der Waals surface area contributed by atoms with Crippen molar-refractivity contribution in [2.24, 2.45) is 0 Å². The molecule has 0 aliphatic rings. The number of phenols is 1. The number of benzene rings is 2. The highest BCUT2D eigenvalue weighted by Gasteiger charge is 2.38. The van der Waals surface area contributed by atoms with E-state index in [1.165, 1.54) is 0 Å². The summed E-state index contributed by atoms with van der Waals surface area (Å²) >= 11 is 0. The average Bonchev–Trinajstić information content (AvgIpc) is 2.73. The first kappa shape index (κ1) is 24.6. The minimum absolute atomic E-state index is 0.0312. The molecule has 1 unspecified atom stereocenters. The number of aromatic nitrogens is 1. The predicted molar refractivity (Wildman–Crippen MR) is 113 cm³/mol. The van der Waals surface area contributed by atoms with Gasteiger partial charge in [0.1, 0.15) is 11.3 Å². The largest absolute Gasteiger partial charge is 0.505 e. The number of phenolic OH excluding ortho intramolecular Hbond substituents is 1. The van der Waals surface area contributed by atoms with Crippen LogP contribution in [0.15, 0.2) is 54.7 Å². The van der Waals surface area contributed by atoms with Crippen molar-refractivity contribution in [2.45, 2.75) is 38.9 Å². The SMILES string of the molecule is CCCC(=O)NC(c1ccccc1C)c1ccc2cccnc2c1O.O=C(O)C(F)(F)F. The van der Waals surface area contributed by atoms with Gasteiger partial charge in [-0.05, 0) is 30.5 Å². The Morgan fingerprint density at radius 2 is 1.72 bits per heavy atom. The summed E-state index contributed by atoms with van der Waals surface area (Å²) in [4.78, 5) is 25.5. The lowest BCUT2D eigenvalue weighted by Crippen LogP contribution is -2.29. The number of halogens is 3. The molecule has 0 saturated heterocycles. The van der Waals surface area contributed by atoms with Crippen LogP contribution in [0.5, 0.6) is 5.75 Å². The maximum absolute atomic E-state index is 12.3. The minimum Gasteiger partial charge on any atom is -0.505 e. The topological polar surface area (TPSA) is 99.5 Å². The molecule has 1 amide bonds. The molecule has 0 aliphatic carbocycles. The van der Waals surface area contributed by atoms with Crippen LogP contribution in [0.4, 0.5) is 13.2 Å². The zero-order chi connectivity index (χ0) is 23.9. The van der Waals surface area contributed by atoms with Crippen LogP contribution in [-0.2, 0) is 9.59 Å². The molecule has 3 N–H and O–H groups in total. The quantitative estimate of drug-likeness (QED) is 0.516. The maximum Gasteiger partial charge on any atom is 0.490 e. The number of aliphatic carboxylic acids is 1. The summed E-state index contributed by atoms with van der Waals surface area (Å²) < 4.78 is 31.7. The molecular formula is C23H23F3N2O4. The standard InChI is InChI=1S/C21H22N2O2.C2HF3O2/c1-3-7-18(24)23-20(16-10-5-4-8-14(16)2)17-12-11-15-9-6-13-22-19(15)21(17)25;3-2(4,5)1(6)7/h4-6,8-13,20,25H,3,7H2,1-2H3,(H,23,24);(H,6,7). The fourth-order valence-corrected chi connectivity index (χ4v) is 3.07. The second-order valence-electron chi connectivity index (χ2n) is 6.99. The number of nitrogens with one attached hydrogen (secondary N) is 1. The first-order valence-corrected chi connectivity index (χ1v) is 9.77. The van der Waals surface area contributed by atoms with Crippen LogP contribution in [-0.4, -0.2) is 33.2 Å². The first-order valence-electron chi connectivity index (χ1n) is 9.77. The Labute approximate surface area is 182 Å². The number of carboxylic acid groups (broad SMARTS) is 1. The van der Waals surface area contributed by atoms with Gasteiger partial charge in [0.2, 0.25) is 5.91 Å². The molecule has 170 valence electrons. The van der Waals surface area contributed by atoms with Crippen molar-refractivity contribution in [3.8, 4) is 5.75 Å². The number of alkyl halides is 3. The van der Waals surface area contributed by atoms with Crippen LogP contribution < -0.4 is 5.32 Å². The molecule has 0 aliphatic heterocycles. The molecule has 3 aromatic rings. The molecule has 0 radical (unpaired) electrons. The monoisotopic (exact) mass is 448 g/mol. The van der Waals surface area contributed by atoms with Crippen LogP contribution in [0.3, 0.4) is 0 Å². The summed E-state index contributed by atoms with van der Waals surface area (Å²) in [5.74, 6) is -2.67. The Morgan fingerprint density at radius 1 is 1.06 bits per heavy atom. The van der Waals surface area contributed by atoms with Crippen molar-refractivity contribution < 1.29 is 33.0 Å². The van der Waals surface area contributed by atoms with Gasteiger partial charge in [-0.15, -0.1) is 0 Å². The Bertz CT molecular complexity index is 1100. The van der Waals surface area contributed by atoms with E-state index in [0.29, 0.717) is 17.5 Å². The van der Waals surface area contributed by atoms with E-state index in [1.807, 2.05) is 62.4 Å². The number of amides is 1. The van der Waals surface area contributed by atoms with Gasteiger partial charge >= 0.3 is 12.1 Å². The molecule has 0 fully saturated rings. The Balaban J connectivity index is 0.000000451. The number of hydrogen-bond acceptors (Lipinski definition) is 4. The lowest BCUT2D eigenvalue weighted by molar-refractivity contribution is -0.192. The normalized spacial score (nSPS) is 11.9. The second-order valence-corrected chi connectivity index (χ2v) is 6.99. The zero-order valence-corrected chi connectivity index (χ0v) is 17.5. The molecule has 32 heavy (non-hydrogen) atoms. The average molecular weight is 448 g/mol. The smallest absolute Gasteiger partial charge is 0.490 e. The second kappa shape index (κ2) is 10.6. The Hall–Kier alpha value is -3.62. The minimum atomic E-state index is -5.08. The highest BCUT2D eigenvalue weighted by Crippen LogP contribution is 2.35. The van der Waals surface area contributed by atoms with Crippen LogP contribution in [0, 0.1) is 6.92 Å². The van der Waals surface area contributed by atoms with Crippen molar-refractivity contribution >= 4 is 22.8 Å². The number of pyridine rings is 1. The summed E-state index contributed by atoms with van der Waals surface area (Å²) in [6.07, 6.45) is -2.20. The zero-order valence-electron chi connectivity index (χ0n) is 17.5. The van der Waals surface area contributed by atoms with E-state index in [9.17, 15) is 23.1 Å². The van der Waals surface area contributed by atoms with Gasteiger partial charge in [-0.3, -0.25) is 9.78 Å². The number of fused-ring (bicyclic) bond motifs is 1. The van der Waals surface area contributed by atoms with Crippen molar-refractivity contribution in [3.05, 3.63) is 71.4 Å². The van der Waals surface area contributed by atoms with Gasteiger partial charge < -0.3 is 15.5 Å². The fraction of sp³-hybridized carbons (Fsp3) is 0.261. The highest BCUT2D eigenvalue weighted by molar-refractivity contribution is 5.86. The number of nitrogens with zero attached hydrogens (tertiary/aromatic N) is 1. The molecule has 9 heteroatoms. The number of carboxylic acids is 1. The van der Waals surface area contributed by atoms with E-state index < -0.39 is 18.2 Å². The van der Waals surface area contributed by atoms with Gasteiger partial charge in [0, 0.05) is 23.6 Å². The number of aromatic hydroxyl groups is 1. The van der Waals surface area contributed by atoms with Gasteiger partial charge in [0.15, 0.2) is 0 Å². The van der Waals surface area contributed by atoms with E-state index in [0.717, 1.165) is 22.9 Å². The molecule has 0 saturated carbocycles. The summed E-state index contributed by atoms with van der Waals surface area (Å²) in [7, 11) is 0. The van der Waals surface area contributed by atoms with Crippen molar-refractivity contribution in [1.82, 2.24) is 10.3 Å². The number of hydrogen-bond donors (Lipinski definition) is 3. The van der Waals surface area contributed by atoms with Crippen LogP contribution >= 0.6 is 0 Å². The maximum atomic E-state index is 12.3. The van der Waals surface area contributed by atoms with Crippen molar-refractivity contribution in [1.29, 1.82) is 0 Å². The number of rotatable bonds is 5.